The van der Waals surface area contributed by atoms with Crippen molar-refractivity contribution in [2.75, 3.05) is 26.2 Å². The second-order valence-electron chi connectivity index (χ2n) is 9.51. The van der Waals surface area contributed by atoms with Crippen LogP contribution in [0.5, 0.6) is 11.5 Å². The number of ether oxygens (including phenoxy) is 1. The van der Waals surface area contributed by atoms with Crippen LogP contribution in [0.25, 0.3) is 0 Å². The predicted octanol–water partition coefficient (Wildman–Crippen LogP) is 6.34. The number of nitrogens with zero attached hydrogens (tertiary/aromatic N) is 3. The molecule has 2 amide bonds. The van der Waals surface area contributed by atoms with Crippen LogP contribution >= 0.6 is 23.2 Å². The fourth-order valence-corrected chi connectivity index (χ4v) is 5.52. The second kappa shape index (κ2) is 10.5. The summed E-state index contributed by atoms with van der Waals surface area (Å²) in [6.45, 7) is 2.77. The molecule has 2 aliphatic heterocycles. The first-order valence-corrected chi connectivity index (χ1v) is 12.9. The van der Waals surface area contributed by atoms with Crippen LogP contribution in [0.15, 0.2) is 66.9 Å². The molecule has 2 saturated heterocycles. The summed E-state index contributed by atoms with van der Waals surface area (Å²) in [5, 5.41) is 0.686. The van der Waals surface area contributed by atoms with Crippen LogP contribution in [0.4, 0.5) is 0 Å². The number of amides is 2. The third-order valence-corrected chi connectivity index (χ3v) is 7.81. The lowest BCUT2D eigenvalue weighted by molar-refractivity contribution is 0.0278. The molecule has 0 unspecified atom stereocenters. The molecule has 1 aromatic heterocycles. The number of benzene rings is 2. The standard InChI is InChI=1S/C28H27Cl2N3O3/c29-21-18-24(30)25(31-19-21)27(35)33-16-12-28(13-17-33)10-14-32(15-11-28)26(34)20-6-8-23(9-7-20)36-22-4-2-1-3-5-22/h1-9,18-19H,10-17H2. The van der Waals surface area contributed by atoms with E-state index in [9.17, 15) is 9.59 Å². The van der Waals surface area contributed by atoms with Gasteiger partial charge in [-0.1, -0.05) is 41.4 Å². The number of likely N-dealkylation sites (tertiary alicyclic amines) is 2. The molecular formula is C28H27Cl2N3O3. The van der Waals surface area contributed by atoms with Crippen LogP contribution in [0.3, 0.4) is 0 Å². The summed E-state index contributed by atoms with van der Waals surface area (Å²) in [6.07, 6.45) is 5.16. The number of pyridine rings is 1. The van der Waals surface area contributed by atoms with Crippen molar-refractivity contribution in [1.29, 1.82) is 0 Å². The van der Waals surface area contributed by atoms with Crippen molar-refractivity contribution in [2.24, 2.45) is 5.41 Å². The molecule has 2 fully saturated rings. The normalized spacial score (nSPS) is 17.2. The molecule has 6 nitrogen and oxygen atoms in total. The zero-order valence-corrected chi connectivity index (χ0v) is 21.3. The van der Waals surface area contributed by atoms with Gasteiger partial charge in [-0.05, 0) is 73.6 Å². The first-order valence-electron chi connectivity index (χ1n) is 12.2. The Morgan fingerprint density at radius 2 is 1.33 bits per heavy atom. The van der Waals surface area contributed by atoms with Crippen LogP contribution < -0.4 is 4.74 Å². The summed E-state index contributed by atoms with van der Waals surface area (Å²) in [7, 11) is 0. The number of hydrogen-bond donors (Lipinski definition) is 0. The minimum absolute atomic E-state index is 0.0483. The van der Waals surface area contributed by atoms with Gasteiger partial charge >= 0.3 is 0 Å². The van der Waals surface area contributed by atoms with Gasteiger partial charge in [0.15, 0.2) is 0 Å². The molecule has 0 radical (unpaired) electrons. The second-order valence-corrected chi connectivity index (χ2v) is 10.4. The van der Waals surface area contributed by atoms with Crippen molar-refractivity contribution in [3.63, 3.8) is 0 Å². The highest BCUT2D eigenvalue weighted by atomic mass is 35.5. The molecule has 3 heterocycles. The summed E-state index contributed by atoms with van der Waals surface area (Å²) >= 11 is 12.1. The van der Waals surface area contributed by atoms with E-state index in [2.05, 4.69) is 4.98 Å². The summed E-state index contributed by atoms with van der Waals surface area (Å²) in [5.41, 5.74) is 1.08. The molecule has 0 bridgehead atoms. The third-order valence-electron chi connectivity index (χ3n) is 7.31. The van der Waals surface area contributed by atoms with Gasteiger partial charge < -0.3 is 14.5 Å². The maximum absolute atomic E-state index is 13.1. The van der Waals surface area contributed by atoms with E-state index in [4.69, 9.17) is 27.9 Å². The highest BCUT2D eigenvalue weighted by molar-refractivity contribution is 6.36. The van der Waals surface area contributed by atoms with Crippen LogP contribution in [0.2, 0.25) is 10.0 Å². The highest BCUT2D eigenvalue weighted by Gasteiger charge is 2.40. The molecule has 186 valence electrons. The fourth-order valence-electron chi connectivity index (χ4n) is 5.06. The Balaban J connectivity index is 1.14. The number of piperidine rings is 2. The lowest BCUT2D eigenvalue weighted by Gasteiger charge is -2.46. The minimum Gasteiger partial charge on any atom is -0.457 e. The average molecular weight is 524 g/mol. The Labute approximate surface area is 220 Å². The Hall–Kier alpha value is -3.09. The number of hydrogen-bond acceptors (Lipinski definition) is 4. The van der Waals surface area contributed by atoms with Crippen molar-refractivity contribution in [1.82, 2.24) is 14.8 Å². The Bertz CT molecular complexity index is 1230. The molecule has 0 saturated carbocycles. The van der Waals surface area contributed by atoms with E-state index in [1.807, 2.05) is 64.4 Å². The van der Waals surface area contributed by atoms with Gasteiger partial charge in [0.2, 0.25) is 0 Å². The SMILES string of the molecule is O=C(c1ccc(Oc2ccccc2)cc1)N1CCC2(CC1)CCN(C(=O)c1ncc(Cl)cc1Cl)CC2. The molecule has 5 rings (SSSR count). The van der Waals surface area contributed by atoms with E-state index >= 15 is 0 Å². The van der Waals surface area contributed by atoms with Crippen molar-refractivity contribution >= 4 is 35.0 Å². The number of carbonyl (C=O) groups is 2. The van der Waals surface area contributed by atoms with Gasteiger partial charge in [0.1, 0.15) is 17.2 Å². The molecule has 8 heteroatoms. The van der Waals surface area contributed by atoms with E-state index in [-0.39, 0.29) is 27.9 Å². The first kappa shape index (κ1) is 24.6. The highest BCUT2D eigenvalue weighted by Crippen LogP contribution is 2.42. The largest absolute Gasteiger partial charge is 0.457 e. The summed E-state index contributed by atoms with van der Waals surface area (Å²) in [4.78, 5) is 33.9. The van der Waals surface area contributed by atoms with Gasteiger partial charge in [-0.3, -0.25) is 9.59 Å². The van der Waals surface area contributed by atoms with Gasteiger partial charge in [0.05, 0.1) is 10.0 Å². The van der Waals surface area contributed by atoms with Crippen molar-refractivity contribution in [3.05, 3.63) is 88.2 Å². The molecule has 2 aliphatic rings. The van der Waals surface area contributed by atoms with E-state index < -0.39 is 0 Å². The lowest BCUT2D eigenvalue weighted by Crippen LogP contribution is -2.49. The number of carbonyl (C=O) groups excluding carboxylic acids is 2. The Morgan fingerprint density at radius 1 is 0.778 bits per heavy atom. The lowest BCUT2D eigenvalue weighted by atomic mass is 9.71. The summed E-state index contributed by atoms with van der Waals surface area (Å²) in [5.74, 6) is 1.36. The van der Waals surface area contributed by atoms with Crippen molar-refractivity contribution in [2.45, 2.75) is 25.7 Å². The topological polar surface area (TPSA) is 62.7 Å². The first-order chi connectivity index (χ1) is 17.4. The Kier molecular flexibility index (Phi) is 7.17. The molecule has 0 aliphatic carbocycles. The van der Waals surface area contributed by atoms with Crippen molar-refractivity contribution in [3.8, 4) is 11.5 Å². The molecule has 0 atom stereocenters. The molecule has 0 N–H and O–H groups in total. The molecule has 1 spiro atoms. The van der Waals surface area contributed by atoms with Crippen LogP contribution in [0.1, 0.15) is 46.5 Å². The minimum atomic E-state index is -0.154. The van der Waals surface area contributed by atoms with E-state index in [0.717, 1.165) is 44.5 Å². The summed E-state index contributed by atoms with van der Waals surface area (Å²) in [6, 6.07) is 18.4. The smallest absolute Gasteiger partial charge is 0.273 e. The van der Waals surface area contributed by atoms with Crippen LogP contribution in [-0.4, -0.2) is 52.8 Å². The quantitative estimate of drug-likeness (QED) is 0.400. The van der Waals surface area contributed by atoms with Crippen LogP contribution in [-0.2, 0) is 0 Å². The predicted molar refractivity (Wildman–Crippen MR) is 140 cm³/mol. The fraction of sp³-hybridized carbons (Fsp3) is 0.321. The average Bonchev–Trinajstić information content (AvgIpc) is 2.90. The van der Waals surface area contributed by atoms with Crippen molar-refractivity contribution < 1.29 is 14.3 Å². The van der Waals surface area contributed by atoms with Gasteiger partial charge in [-0.15, -0.1) is 0 Å². The zero-order chi connectivity index (χ0) is 25.1. The number of halogens is 2. The molecule has 36 heavy (non-hydrogen) atoms. The van der Waals surface area contributed by atoms with Gasteiger partial charge in [-0.25, -0.2) is 4.98 Å². The maximum atomic E-state index is 13.1. The maximum Gasteiger partial charge on any atom is 0.273 e. The number of para-hydroxylation sites is 1. The van der Waals surface area contributed by atoms with Gasteiger partial charge in [-0.2, -0.15) is 0 Å². The molecular weight excluding hydrogens is 497 g/mol. The van der Waals surface area contributed by atoms with Crippen LogP contribution in [0, 0.1) is 5.41 Å². The summed E-state index contributed by atoms with van der Waals surface area (Å²) < 4.78 is 5.83. The monoisotopic (exact) mass is 523 g/mol. The van der Waals surface area contributed by atoms with Gasteiger partial charge in [0.25, 0.3) is 11.8 Å². The number of aromatic nitrogens is 1. The third kappa shape index (κ3) is 5.35. The Morgan fingerprint density at radius 3 is 1.92 bits per heavy atom. The molecule has 2 aromatic carbocycles. The van der Waals surface area contributed by atoms with E-state index in [1.165, 1.54) is 6.20 Å². The number of rotatable bonds is 4. The van der Waals surface area contributed by atoms with E-state index in [0.29, 0.717) is 29.4 Å². The van der Waals surface area contributed by atoms with E-state index in [1.54, 1.807) is 6.07 Å². The van der Waals surface area contributed by atoms with Gasteiger partial charge in [0, 0.05) is 37.9 Å². The molecule has 3 aromatic rings. The zero-order valence-electron chi connectivity index (χ0n) is 19.8.